The van der Waals surface area contributed by atoms with Crippen LogP contribution >= 0.6 is 11.6 Å². The van der Waals surface area contributed by atoms with Gasteiger partial charge < -0.3 is 10.2 Å². The maximum Gasteiger partial charge on any atom is 0.178 e. The smallest absolute Gasteiger partial charge is 0.178 e. The molecule has 0 heterocycles. The maximum atomic E-state index is 8.65. The molecule has 0 aliphatic carbocycles. The summed E-state index contributed by atoms with van der Waals surface area (Å²) in [6.45, 7) is 0. The molecule has 0 amide bonds. The number of hydrogen-bond donors (Lipinski definition) is 2. The van der Waals surface area contributed by atoms with Crippen molar-refractivity contribution in [1.29, 1.82) is 0 Å². The summed E-state index contributed by atoms with van der Waals surface area (Å²) in [5, 5.41) is 17.8. The first kappa shape index (κ1) is 16.7. The van der Waals surface area contributed by atoms with Crippen molar-refractivity contribution in [3.8, 4) is 0 Å². The fraction of sp³-hybridized carbons (Fsp3) is 0.143. The number of benzene rings is 1. The van der Waals surface area contributed by atoms with E-state index >= 15 is 0 Å². The summed E-state index contributed by atoms with van der Waals surface area (Å²) in [7, 11) is 0. The van der Waals surface area contributed by atoms with Crippen LogP contribution in [0.5, 0.6) is 0 Å². The first-order valence-electron chi connectivity index (χ1n) is 2.82. The van der Waals surface area contributed by atoms with E-state index < -0.39 is 6.29 Å². The van der Waals surface area contributed by atoms with E-state index in [1.54, 1.807) is 18.2 Å². The van der Waals surface area contributed by atoms with E-state index in [-0.39, 0.29) is 88.1 Å². The van der Waals surface area contributed by atoms with Gasteiger partial charge in [0.1, 0.15) is 0 Å². The number of hydrogen-bond acceptors (Lipinski definition) is 2. The van der Waals surface area contributed by atoms with Crippen molar-refractivity contribution < 1.29 is 98.3 Å². The minimum atomic E-state index is -1.43. The van der Waals surface area contributed by atoms with Crippen LogP contribution in [0.1, 0.15) is 11.9 Å². The Bertz CT molecular complexity index is 230. The average molecular weight is 613 g/mol. The van der Waals surface area contributed by atoms with Gasteiger partial charge in [-0.15, -0.1) is 0 Å². The van der Waals surface area contributed by atoms with Crippen LogP contribution in [-0.2, 0) is 0 Å². The summed E-state index contributed by atoms with van der Waals surface area (Å²) in [4.78, 5) is 0. The summed E-state index contributed by atoms with van der Waals surface area (Å²) < 4.78 is 0. The van der Waals surface area contributed by atoms with Crippen LogP contribution in [0.2, 0.25) is 5.02 Å². The Morgan fingerprint density at radius 1 is 1.17 bits per heavy atom. The second-order valence-corrected chi connectivity index (χ2v) is 2.37. The Morgan fingerprint density at radius 3 is 2.08 bits per heavy atom. The van der Waals surface area contributed by atoms with Crippen LogP contribution in [0.4, 0.5) is 0 Å². The summed E-state index contributed by atoms with van der Waals surface area (Å²) in [5.74, 6) is 0. The van der Waals surface area contributed by atoms with Crippen LogP contribution in [0, 0.1) is 88.1 Å². The van der Waals surface area contributed by atoms with E-state index in [9.17, 15) is 0 Å². The van der Waals surface area contributed by atoms with Crippen molar-refractivity contribution >= 4 is 11.6 Å². The minimum absolute atomic E-state index is 0. The van der Waals surface area contributed by atoms with E-state index in [1.807, 2.05) is 0 Å². The Balaban J connectivity index is 0. The van der Waals surface area contributed by atoms with E-state index in [4.69, 9.17) is 21.8 Å². The Hall–Kier alpha value is 2.31. The topological polar surface area (TPSA) is 40.5 Å². The first-order valence-corrected chi connectivity index (χ1v) is 3.19. The minimum Gasteiger partial charge on any atom is -0.364 e. The normalized spacial score (nSPS) is 8.67. The predicted molar refractivity (Wildman–Crippen MR) is 38.6 cm³/mol. The van der Waals surface area contributed by atoms with Crippen LogP contribution in [0.25, 0.3) is 0 Å². The third-order valence-corrected chi connectivity index (χ3v) is 1.38. The van der Waals surface area contributed by atoms with Crippen molar-refractivity contribution in [3.63, 3.8) is 0 Å². The van der Waals surface area contributed by atoms with Gasteiger partial charge in [0, 0.05) is 98.7 Å². The molecule has 0 bridgehead atoms. The molecule has 60 valence electrons. The number of aliphatic hydroxyl groups excluding tert-OH is 1. The average Bonchev–Trinajstić information content (AvgIpc) is 1.88. The van der Waals surface area contributed by atoms with Gasteiger partial charge in [-0.25, -0.2) is 0 Å². The molecule has 0 fully saturated rings. The van der Waals surface area contributed by atoms with Crippen molar-refractivity contribution in [2.75, 3.05) is 0 Å². The Labute approximate surface area is 148 Å². The number of rotatable bonds is 1. The second-order valence-electron chi connectivity index (χ2n) is 1.93. The summed E-state index contributed by atoms with van der Waals surface area (Å²) in [6, 6.07) is 6.44. The largest absolute Gasteiger partial charge is 0.364 e. The second kappa shape index (κ2) is 8.61. The quantitative estimate of drug-likeness (QED) is 0.471. The van der Waals surface area contributed by atoms with Crippen LogP contribution < -0.4 is 0 Å². The van der Waals surface area contributed by atoms with Crippen molar-refractivity contribution in [3.05, 3.63) is 34.9 Å². The monoisotopic (exact) mass is 612 g/mol. The summed E-state index contributed by atoms with van der Waals surface area (Å²) in [6.07, 6.45) is -1.43. The van der Waals surface area contributed by atoms with Crippen LogP contribution in [-0.4, -0.2) is 10.2 Å². The van der Waals surface area contributed by atoms with Crippen molar-refractivity contribution in [1.82, 2.24) is 0 Å². The molecule has 1 aromatic rings. The molecule has 0 atom stereocenters. The van der Waals surface area contributed by atoms with Crippen LogP contribution in [0.3, 0.4) is 0 Å². The SMILES string of the molecule is OC(O)c1cccc(Cl)c1.[Ac].[Ac]. The molecule has 12 heavy (non-hydrogen) atoms. The molecule has 0 aromatic heterocycles. The standard InChI is InChI=1S/C7H7ClO2.2Ac/c8-6-3-1-2-5(4-6)7(9)10;;/h1-4,7,9-10H;;. The van der Waals surface area contributed by atoms with Gasteiger partial charge in [0.15, 0.2) is 6.29 Å². The predicted octanol–water partition coefficient (Wildman–Crippen LogP) is 1.32. The van der Waals surface area contributed by atoms with Gasteiger partial charge in [0.25, 0.3) is 0 Å². The molecule has 0 spiro atoms. The zero-order chi connectivity index (χ0) is 7.56. The molecule has 0 saturated carbocycles. The van der Waals surface area contributed by atoms with Gasteiger partial charge in [0.2, 0.25) is 0 Å². The van der Waals surface area contributed by atoms with E-state index in [0.29, 0.717) is 10.6 Å². The van der Waals surface area contributed by atoms with Gasteiger partial charge in [-0.1, -0.05) is 23.7 Å². The Kier molecular flexibility index (Phi) is 12.0. The third-order valence-electron chi connectivity index (χ3n) is 1.15. The van der Waals surface area contributed by atoms with E-state index in [2.05, 4.69) is 0 Å². The zero-order valence-electron chi connectivity index (χ0n) is 6.31. The molecule has 2 N–H and O–H groups in total. The van der Waals surface area contributed by atoms with E-state index in [0.717, 1.165) is 0 Å². The zero-order valence-corrected chi connectivity index (χ0v) is 16.6. The van der Waals surface area contributed by atoms with Gasteiger partial charge in [-0.3, -0.25) is 0 Å². The molecule has 2 nitrogen and oxygen atoms in total. The van der Waals surface area contributed by atoms with Crippen molar-refractivity contribution in [2.45, 2.75) is 6.29 Å². The molecule has 1 rings (SSSR count). The molecular formula is C7H7Ac2ClO2. The van der Waals surface area contributed by atoms with Gasteiger partial charge in [-0.05, 0) is 12.1 Å². The third kappa shape index (κ3) is 5.92. The number of aliphatic hydroxyl groups is 2. The molecule has 0 aliphatic heterocycles. The van der Waals surface area contributed by atoms with E-state index in [1.165, 1.54) is 6.07 Å². The summed E-state index contributed by atoms with van der Waals surface area (Å²) >= 11 is 5.57. The van der Waals surface area contributed by atoms with Crippen molar-refractivity contribution in [2.24, 2.45) is 0 Å². The molecule has 1 aromatic carbocycles. The van der Waals surface area contributed by atoms with Gasteiger partial charge in [0.05, 0.1) is 0 Å². The molecule has 0 saturated heterocycles. The first-order chi connectivity index (χ1) is 4.70. The molecule has 0 unspecified atom stereocenters. The van der Waals surface area contributed by atoms with Gasteiger partial charge in [-0.2, -0.15) is 0 Å². The number of halogens is 1. The Morgan fingerprint density at radius 2 is 1.75 bits per heavy atom. The van der Waals surface area contributed by atoms with Crippen LogP contribution in [0.15, 0.2) is 24.3 Å². The van der Waals surface area contributed by atoms with Gasteiger partial charge >= 0.3 is 0 Å². The maximum absolute atomic E-state index is 8.65. The molecule has 2 radical (unpaired) electrons. The summed E-state index contributed by atoms with van der Waals surface area (Å²) in [5.41, 5.74) is 0.410. The molecule has 5 heteroatoms. The fourth-order valence-electron chi connectivity index (χ4n) is 0.667. The molecular weight excluding hydrogens is 606 g/mol. The fourth-order valence-corrected chi connectivity index (χ4v) is 0.866. The molecule has 0 aliphatic rings.